The number of hydrogen-bond acceptors (Lipinski definition) is 2. The van der Waals surface area contributed by atoms with Crippen molar-refractivity contribution in [2.45, 2.75) is 24.2 Å². The lowest BCUT2D eigenvalue weighted by atomic mass is 10.1. The van der Waals surface area contributed by atoms with Gasteiger partial charge in [0.1, 0.15) is 11.6 Å². The Kier molecular flexibility index (Phi) is 5.81. The summed E-state index contributed by atoms with van der Waals surface area (Å²) in [5, 5.41) is 0. The van der Waals surface area contributed by atoms with Crippen LogP contribution in [0.1, 0.15) is 18.4 Å². The summed E-state index contributed by atoms with van der Waals surface area (Å²) in [4.78, 5) is 12.7. The molecule has 0 heterocycles. The van der Waals surface area contributed by atoms with Gasteiger partial charge in [0.15, 0.2) is 0 Å². The maximum absolute atomic E-state index is 12.7. The molecule has 0 unspecified atom stereocenters. The molecule has 0 aromatic heterocycles. The number of thioether (sulfide) groups is 1. The highest BCUT2D eigenvalue weighted by atomic mass is 32.2. The number of rotatable bonds is 7. The summed E-state index contributed by atoms with van der Waals surface area (Å²) in [7, 11) is 0. The fourth-order valence-corrected chi connectivity index (χ4v) is 2.70. The van der Waals surface area contributed by atoms with E-state index in [1.165, 1.54) is 29.5 Å². The molecule has 2 aromatic carbocycles. The maximum atomic E-state index is 12.7. The van der Waals surface area contributed by atoms with Crippen LogP contribution in [0, 0.1) is 5.82 Å². The standard InChI is InChI=1S/C17H17FOS/c18-15-9-11-17(12-10-15)20-13-16(19)8-4-7-14-5-2-1-3-6-14/h1-3,5-6,9-12H,4,7-8,13H2. The molecule has 0 aliphatic carbocycles. The van der Waals surface area contributed by atoms with E-state index in [9.17, 15) is 9.18 Å². The Morgan fingerprint density at radius 2 is 1.70 bits per heavy atom. The second-order valence-electron chi connectivity index (χ2n) is 4.62. The Morgan fingerprint density at radius 3 is 2.40 bits per heavy atom. The van der Waals surface area contributed by atoms with Gasteiger partial charge in [-0.3, -0.25) is 4.79 Å². The maximum Gasteiger partial charge on any atom is 0.143 e. The topological polar surface area (TPSA) is 17.1 Å². The Bertz CT molecular complexity index is 537. The van der Waals surface area contributed by atoms with Gasteiger partial charge >= 0.3 is 0 Å². The smallest absolute Gasteiger partial charge is 0.143 e. The Labute approximate surface area is 123 Å². The first kappa shape index (κ1) is 14.8. The van der Waals surface area contributed by atoms with E-state index >= 15 is 0 Å². The summed E-state index contributed by atoms with van der Waals surface area (Å²) in [5.41, 5.74) is 1.27. The van der Waals surface area contributed by atoms with Crippen molar-refractivity contribution < 1.29 is 9.18 Å². The SMILES string of the molecule is O=C(CCCc1ccccc1)CSc1ccc(F)cc1. The van der Waals surface area contributed by atoms with E-state index in [4.69, 9.17) is 0 Å². The second-order valence-corrected chi connectivity index (χ2v) is 5.67. The molecule has 0 radical (unpaired) electrons. The van der Waals surface area contributed by atoms with Crippen molar-refractivity contribution in [1.82, 2.24) is 0 Å². The predicted octanol–water partition coefficient (Wildman–Crippen LogP) is 4.51. The molecule has 0 atom stereocenters. The second kappa shape index (κ2) is 7.85. The highest BCUT2D eigenvalue weighted by Crippen LogP contribution is 2.18. The van der Waals surface area contributed by atoms with Crippen molar-refractivity contribution >= 4 is 17.5 Å². The lowest BCUT2D eigenvalue weighted by molar-refractivity contribution is -0.116. The predicted molar refractivity (Wildman–Crippen MR) is 81.5 cm³/mol. The van der Waals surface area contributed by atoms with E-state index in [-0.39, 0.29) is 11.6 Å². The van der Waals surface area contributed by atoms with Gasteiger partial charge in [0.25, 0.3) is 0 Å². The normalized spacial score (nSPS) is 10.4. The van der Waals surface area contributed by atoms with Gasteiger partial charge in [-0.05, 0) is 42.7 Å². The van der Waals surface area contributed by atoms with E-state index in [0.717, 1.165) is 17.7 Å². The molecule has 20 heavy (non-hydrogen) atoms. The molecule has 0 bridgehead atoms. The highest BCUT2D eigenvalue weighted by Gasteiger charge is 2.04. The summed E-state index contributed by atoms with van der Waals surface area (Å²) in [6.45, 7) is 0. The highest BCUT2D eigenvalue weighted by molar-refractivity contribution is 8.00. The minimum absolute atomic E-state index is 0.246. The molecule has 0 saturated heterocycles. The van der Waals surface area contributed by atoms with Crippen LogP contribution in [-0.4, -0.2) is 11.5 Å². The zero-order valence-electron chi connectivity index (χ0n) is 11.2. The van der Waals surface area contributed by atoms with Crippen LogP contribution in [-0.2, 0) is 11.2 Å². The molecule has 0 fully saturated rings. The van der Waals surface area contributed by atoms with Crippen LogP contribution in [0.5, 0.6) is 0 Å². The number of Topliss-reactive ketones (excluding diaryl/α,β-unsaturated/α-hetero) is 1. The number of carbonyl (C=O) groups excluding carboxylic acids is 1. The van der Waals surface area contributed by atoms with Gasteiger partial charge in [-0.2, -0.15) is 0 Å². The first-order chi connectivity index (χ1) is 9.74. The number of halogens is 1. The molecule has 0 N–H and O–H groups in total. The fourth-order valence-electron chi connectivity index (χ4n) is 1.90. The van der Waals surface area contributed by atoms with E-state index in [1.807, 2.05) is 18.2 Å². The number of hydrogen-bond donors (Lipinski definition) is 0. The Hall–Kier alpha value is -1.61. The van der Waals surface area contributed by atoms with E-state index in [1.54, 1.807) is 12.1 Å². The van der Waals surface area contributed by atoms with Crippen molar-refractivity contribution in [3.05, 3.63) is 66.0 Å². The van der Waals surface area contributed by atoms with E-state index in [0.29, 0.717) is 12.2 Å². The summed E-state index contributed by atoms with van der Waals surface area (Å²) < 4.78 is 12.7. The average molecular weight is 288 g/mol. The lowest BCUT2D eigenvalue weighted by Crippen LogP contribution is -2.02. The molecule has 0 aliphatic heterocycles. The minimum atomic E-state index is -0.247. The van der Waals surface area contributed by atoms with Gasteiger partial charge in [0, 0.05) is 11.3 Å². The Morgan fingerprint density at radius 1 is 1.00 bits per heavy atom. The van der Waals surface area contributed by atoms with Crippen molar-refractivity contribution in [2.75, 3.05) is 5.75 Å². The molecular formula is C17H17FOS. The number of benzene rings is 2. The summed E-state index contributed by atoms with van der Waals surface area (Å²) >= 11 is 1.47. The van der Waals surface area contributed by atoms with Crippen LogP contribution < -0.4 is 0 Å². The number of aryl methyl sites for hydroxylation is 1. The van der Waals surface area contributed by atoms with Crippen LogP contribution in [0.25, 0.3) is 0 Å². The minimum Gasteiger partial charge on any atom is -0.299 e. The summed E-state index contributed by atoms with van der Waals surface area (Å²) in [6, 6.07) is 16.4. The molecule has 0 saturated carbocycles. The largest absolute Gasteiger partial charge is 0.299 e. The van der Waals surface area contributed by atoms with E-state index in [2.05, 4.69) is 12.1 Å². The first-order valence-electron chi connectivity index (χ1n) is 6.68. The van der Waals surface area contributed by atoms with Crippen molar-refractivity contribution in [2.24, 2.45) is 0 Å². The van der Waals surface area contributed by atoms with Gasteiger partial charge in [-0.1, -0.05) is 30.3 Å². The van der Waals surface area contributed by atoms with Crippen LogP contribution in [0.3, 0.4) is 0 Å². The third kappa shape index (κ3) is 5.17. The number of carbonyl (C=O) groups is 1. The zero-order valence-corrected chi connectivity index (χ0v) is 12.0. The Balaban J connectivity index is 1.67. The quantitative estimate of drug-likeness (QED) is 0.697. The molecule has 1 nitrogen and oxygen atoms in total. The molecule has 2 aromatic rings. The van der Waals surface area contributed by atoms with Gasteiger partial charge < -0.3 is 0 Å². The molecule has 104 valence electrons. The van der Waals surface area contributed by atoms with Gasteiger partial charge in [-0.25, -0.2) is 4.39 Å². The summed E-state index contributed by atoms with van der Waals surface area (Å²) in [5.74, 6) is 0.458. The molecule has 0 amide bonds. The van der Waals surface area contributed by atoms with Crippen LogP contribution in [0.2, 0.25) is 0 Å². The van der Waals surface area contributed by atoms with Crippen molar-refractivity contribution in [1.29, 1.82) is 0 Å². The van der Waals surface area contributed by atoms with Gasteiger partial charge in [-0.15, -0.1) is 11.8 Å². The fraction of sp³-hybridized carbons (Fsp3) is 0.235. The molecule has 2 rings (SSSR count). The third-order valence-electron chi connectivity index (χ3n) is 2.98. The van der Waals surface area contributed by atoms with E-state index < -0.39 is 0 Å². The average Bonchev–Trinajstić information content (AvgIpc) is 2.48. The molecule has 3 heteroatoms. The van der Waals surface area contributed by atoms with Crippen LogP contribution in [0.4, 0.5) is 4.39 Å². The molecule has 0 spiro atoms. The summed E-state index contributed by atoms with van der Waals surface area (Å²) in [6.07, 6.45) is 2.42. The van der Waals surface area contributed by atoms with Crippen LogP contribution in [0.15, 0.2) is 59.5 Å². The monoisotopic (exact) mass is 288 g/mol. The first-order valence-corrected chi connectivity index (χ1v) is 7.66. The zero-order chi connectivity index (χ0) is 14.2. The number of ketones is 1. The molecule has 0 aliphatic rings. The van der Waals surface area contributed by atoms with Gasteiger partial charge in [0.2, 0.25) is 0 Å². The van der Waals surface area contributed by atoms with Crippen molar-refractivity contribution in [3.63, 3.8) is 0 Å². The van der Waals surface area contributed by atoms with Gasteiger partial charge in [0.05, 0.1) is 5.75 Å². The molecular weight excluding hydrogens is 271 g/mol. The van der Waals surface area contributed by atoms with Crippen molar-refractivity contribution in [3.8, 4) is 0 Å². The van der Waals surface area contributed by atoms with Crippen LogP contribution >= 0.6 is 11.8 Å². The third-order valence-corrected chi connectivity index (χ3v) is 4.05. The lowest BCUT2D eigenvalue weighted by Gasteiger charge is -2.02.